The van der Waals surface area contributed by atoms with E-state index in [0.29, 0.717) is 6.42 Å². The Morgan fingerprint density at radius 1 is 0.864 bits per heavy atom. The number of hydrogen-bond acceptors (Lipinski definition) is 2. The zero-order valence-corrected chi connectivity index (χ0v) is 13.7. The van der Waals surface area contributed by atoms with Gasteiger partial charge in [0.05, 0.1) is 12.3 Å². The van der Waals surface area contributed by atoms with Crippen molar-refractivity contribution in [3.8, 4) is 0 Å². The van der Waals surface area contributed by atoms with Crippen LogP contribution in [0.2, 0.25) is 0 Å². The third kappa shape index (κ3) is 13.4. The van der Waals surface area contributed by atoms with Crippen molar-refractivity contribution in [3.63, 3.8) is 0 Å². The minimum atomic E-state index is -1.06. The fourth-order valence-corrected chi connectivity index (χ4v) is 2.12. The highest BCUT2D eigenvalue weighted by molar-refractivity contribution is 5.77. The molecule has 0 aromatic carbocycles. The summed E-state index contributed by atoms with van der Waals surface area (Å²) in [5.74, 6) is -2.92. The molecule has 0 radical (unpaired) electrons. The zero-order valence-electron chi connectivity index (χ0n) is 13.7. The highest BCUT2D eigenvalue weighted by Gasteiger charge is 2.18. The van der Waals surface area contributed by atoms with E-state index in [2.05, 4.69) is 19.1 Å². The van der Waals surface area contributed by atoms with Crippen LogP contribution in [0, 0.1) is 5.92 Å². The fraction of sp³-hybridized carbons (Fsp3) is 0.667. The van der Waals surface area contributed by atoms with E-state index >= 15 is 0 Å². The van der Waals surface area contributed by atoms with Crippen molar-refractivity contribution in [2.75, 3.05) is 0 Å². The van der Waals surface area contributed by atoms with Crippen molar-refractivity contribution in [1.29, 1.82) is 0 Å². The first-order chi connectivity index (χ1) is 10.6. The summed E-state index contributed by atoms with van der Waals surface area (Å²) in [7, 11) is 0. The standard InChI is InChI=1S/C18H30O4/c1-2-3-4-5-6-7-8-9-10-11-12-13-14-16(18(21)22)15-17(19)20/h5-6,12-13,16H,2-4,7-11,14-15H2,1H3,(H,19,20)(H,21,22)/b6-5+,13-12+. The first kappa shape index (κ1) is 20.4. The molecule has 0 aliphatic rings. The summed E-state index contributed by atoms with van der Waals surface area (Å²) in [6.45, 7) is 2.20. The third-order valence-corrected chi connectivity index (χ3v) is 3.49. The molecule has 0 saturated carbocycles. The molecule has 0 aliphatic heterocycles. The molecule has 2 N–H and O–H groups in total. The van der Waals surface area contributed by atoms with Gasteiger partial charge < -0.3 is 10.2 Å². The Bertz CT molecular complexity index is 358. The van der Waals surface area contributed by atoms with Gasteiger partial charge in [-0.25, -0.2) is 0 Å². The van der Waals surface area contributed by atoms with Crippen molar-refractivity contribution < 1.29 is 19.8 Å². The van der Waals surface area contributed by atoms with Crippen LogP contribution < -0.4 is 0 Å². The van der Waals surface area contributed by atoms with Crippen LogP contribution >= 0.6 is 0 Å². The van der Waals surface area contributed by atoms with Gasteiger partial charge >= 0.3 is 11.9 Å². The number of rotatable bonds is 14. The maximum absolute atomic E-state index is 10.9. The lowest BCUT2D eigenvalue weighted by atomic mass is 10.0. The van der Waals surface area contributed by atoms with Crippen molar-refractivity contribution in [2.24, 2.45) is 5.92 Å². The van der Waals surface area contributed by atoms with Gasteiger partial charge in [-0.2, -0.15) is 0 Å². The Morgan fingerprint density at radius 2 is 1.41 bits per heavy atom. The summed E-state index contributed by atoms with van der Waals surface area (Å²) in [5.41, 5.74) is 0. The topological polar surface area (TPSA) is 74.6 Å². The lowest BCUT2D eigenvalue weighted by Crippen LogP contribution is -2.16. The van der Waals surface area contributed by atoms with Crippen LogP contribution in [-0.4, -0.2) is 22.2 Å². The monoisotopic (exact) mass is 310 g/mol. The Labute approximate surface area is 133 Å². The SMILES string of the molecule is CCCC/C=C/CCCCC/C=C/CC(CC(=O)O)C(=O)O. The number of aliphatic carboxylic acids is 2. The number of unbranched alkanes of at least 4 members (excludes halogenated alkanes) is 6. The van der Waals surface area contributed by atoms with E-state index in [1.54, 1.807) is 6.08 Å². The van der Waals surface area contributed by atoms with Gasteiger partial charge in [-0.15, -0.1) is 0 Å². The van der Waals surface area contributed by atoms with Gasteiger partial charge in [0.15, 0.2) is 0 Å². The molecule has 126 valence electrons. The van der Waals surface area contributed by atoms with E-state index in [4.69, 9.17) is 10.2 Å². The Hall–Kier alpha value is -1.58. The zero-order chi connectivity index (χ0) is 16.6. The predicted molar refractivity (Wildman–Crippen MR) is 88.9 cm³/mol. The molecule has 1 unspecified atom stereocenters. The molecule has 0 saturated heterocycles. The lowest BCUT2D eigenvalue weighted by Gasteiger charge is -2.05. The molecule has 0 aromatic heterocycles. The summed E-state index contributed by atoms with van der Waals surface area (Å²) in [5, 5.41) is 17.5. The highest BCUT2D eigenvalue weighted by Crippen LogP contribution is 2.11. The van der Waals surface area contributed by atoms with Gasteiger partial charge in [0.1, 0.15) is 0 Å². The summed E-state index contributed by atoms with van der Waals surface area (Å²) in [4.78, 5) is 21.4. The Balaban J connectivity index is 3.59. The minimum absolute atomic E-state index is 0.293. The molecule has 0 heterocycles. The molecular formula is C18H30O4. The number of carbonyl (C=O) groups is 2. The summed E-state index contributed by atoms with van der Waals surface area (Å²) >= 11 is 0. The van der Waals surface area contributed by atoms with Gasteiger partial charge in [0, 0.05) is 0 Å². The molecule has 0 bridgehead atoms. The molecule has 0 rings (SSSR count). The largest absolute Gasteiger partial charge is 0.481 e. The average Bonchev–Trinajstić information content (AvgIpc) is 2.46. The quantitative estimate of drug-likeness (QED) is 0.357. The van der Waals surface area contributed by atoms with Gasteiger partial charge in [-0.3, -0.25) is 9.59 Å². The van der Waals surface area contributed by atoms with Crippen LogP contribution in [0.15, 0.2) is 24.3 Å². The highest BCUT2D eigenvalue weighted by atomic mass is 16.4. The third-order valence-electron chi connectivity index (χ3n) is 3.49. The van der Waals surface area contributed by atoms with E-state index in [1.165, 1.54) is 32.1 Å². The van der Waals surface area contributed by atoms with Crippen molar-refractivity contribution >= 4 is 11.9 Å². The first-order valence-corrected chi connectivity index (χ1v) is 8.32. The second kappa shape index (κ2) is 14.4. The Morgan fingerprint density at radius 3 is 1.91 bits per heavy atom. The molecule has 0 fully saturated rings. The van der Waals surface area contributed by atoms with Crippen LogP contribution in [0.4, 0.5) is 0 Å². The van der Waals surface area contributed by atoms with Gasteiger partial charge in [0.25, 0.3) is 0 Å². The van der Waals surface area contributed by atoms with Crippen LogP contribution in [-0.2, 0) is 9.59 Å². The van der Waals surface area contributed by atoms with Gasteiger partial charge in [-0.05, 0) is 38.5 Å². The van der Waals surface area contributed by atoms with E-state index in [0.717, 1.165) is 19.3 Å². The van der Waals surface area contributed by atoms with Crippen LogP contribution in [0.1, 0.15) is 71.1 Å². The smallest absolute Gasteiger partial charge is 0.307 e. The maximum atomic E-state index is 10.9. The normalized spacial score (nSPS) is 13.0. The van der Waals surface area contributed by atoms with Crippen LogP contribution in [0.3, 0.4) is 0 Å². The first-order valence-electron chi connectivity index (χ1n) is 8.32. The van der Waals surface area contributed by atoms with E-state index in [-0.39, 0.29) is 6.42 Å². The summed E-state index contributed by atoms with van der Waals surface area (Å²) in [6, 6.07) is 0. The van der Waals surface area contributed by atoms with E-state index < -0.39 is 17.9 Å². The number of hydrogen-bond donors (Lipinski definition) is 2. The molecule has 0 aromatic rings. The summed E-state index contributed by atoms with van der Waals surface area (Å²) in [6.07, 6.45) is 17.5. The van der Waals surface area contributed by atoms with Crippen molar-refractivity contribution in [3.05, 3.63) is 24.3 Å². The van der Waals surface area contributed by atoms with Gasteiger partial charge in [-0.1, -0.05) is 50.5 Å². The molecule has 0 aliphatic carbocycles. The van der Waals surface area contributed by atoms with E-state index in [1.807, 2.05) is 6.08 Å². The fourth-order valence-electron chi connectivity index (χ4n) is 2.12. The van der Waals surface area contributed by atoms with E-state index in [9.17, 15) is 9.59 Å². The number of carboxylic acid groups (broad SMARTS) is 2. The lowest BCUT2D eigenvalue weighted by molar-refractivity contribution is -0.148. The molecule has 0 amide bonds. The summed E-state index contributed by atoms with van der Waals surface area (Å²) < 4.78 is 0. The molecule has 0 spiro atoms. The molecule has 4 heteroatoms. The number of carboxylic acids is 2. The molecule has 4 nitrogen and oxygen atoms in total. The second-order valence-electron chi connectivity index (χ2n) is 5.59. The predicted octanol–water partition coefficient (Wildman–Crippen LogP) is 4.81. The van der Waals surface area contributed by atoms with Gasteiger partial charge in [0.2, 0.25) is 0 Å². The number of allylic oxidation sites excluding steroid dienone is 4. The molecule has 1 atom stereocenters. The second-order valence-corrected chi connectivity index (χ2v) is 5.59. The van der Waals surface area contributed by atoms with Crippen LogP contribution in [0.25, 0.3) is 0 Å². The minimum Gasteiger partial charge on any atom is -0.481 e. The van der Waals surface area contributed by atoms with Crippen LogP contribution in [0.5, 0.6) is 0 Å². The van der Waals surface area contributed by atoms with Crippen molar-refractivity contribution in [1.82, 2.24) is 0 Å². The Kier molecular flexibility index (Phi) is 13.3. The average molecular weight is 310 g/mol. The maximum Gasteiger partial charge on any atom is 0.307 e. The van der Waals surface area contributed by atoms with Crippen molar-refractivity contribution in [2.45, 2.75) is 71.1 Å². The molecular weight excluding hydrogens is 280 g/mol. The molecule has 22 heavy (non-hydrogen) atoms.